The van der Waals surface area contributed by atoms with Gasteiger partial charge < -0.3 is 14.8 Å². The van der Waals surface area contributed by atoms with Gasteiger partial charge in [-0.1, -0.05) is 30.3 Å². The maximum atomic E-state index is 13.2. The molecule has 0 saturated carbocycles. The highest BCUT2D eigenvalue weighted by molar-refractivity contribution is 7.09. The standard InChI is InChI=1S/C27H27N3O3S/c31-25(29-15-12-19(13-16-29)27(33)28-14-11-20-6-5-17-34-20)18-30-23-9-3-1-7-21(23)26(32)22-8-2-4-10-24(22)30/h1-10,17,19H,11-16,18H2,(H,28,33). The molecule has 5 rings (SSSR count). The number of para-hydroxylation sites is 2. The lowest BCUT2D eigenvalue weighted by atomic mass is 9.96. The molecule has 34 heavy (non-hydrogen) atoms. The molecule has 0 radical (unpaired) electrons. The molecule has 4 aromatic rings. The van der Waals surface area contributed by atoms with Gasteiger partial charge >= 0.3 is 0 Å². The fourth-order valence-corrected chi connectivity index (χ4v) is 5.49. The number of pyridine rings is 1. The highest BCUT2D eigenvalue weighted by Gasteiger charge is 2.27. The molecule has 0 bridgehead atoms. The highest BCUT2D eigenvalue weighted by Crippen LogP contribution is 2.22. The van der Waals surface area contributed by atoms with E-state index in [0.717, 1.165) is 17.5 Å². The second-order valence-corrected chi connectivity index (χ2v) is 9.76. The van der Waals surface area contributed by atoms with E-state index < -0.39 is 0 Å². The molecule has 2 aromatic heterocycles. The summed E-state index contributed by atoms with van der Waals surface area (Å²) < 4.78 is 1.94. The van der Waals surface area contributed by atoms with E-state index >= 15 is 0 Å². The van der Waals surface area contributed by atoms with Crippen LogP contribution in [0.5, 0.6) is 0 Å². The second-order valence-electron chi connectivity index (χ2n) is 8.73. The molecule has 0 atom stereocenters. The van der Waals surface area contributed by atoms with Crippen LogP contribution in [-0.4, -0.2) is 40.9 Å². The number of benzene rings is 2. The third-order valence-electron chi connectivity index (χ3n) is 6.64. The van der Waals surface area contributed by atoms with E-state index in [4.69, 9.17) is 0 Å². The molecule has 6 nitrogen and oxygen atoms in total. The Morgan fingerprint density at radius 2 is 1.56 bits per heavy atom. The van der Waals surface area contributed by atoms with Gasteiger partial charge in [-0.2, -0.15) is 0 Å². The number of likely N-dealkylation sites (tertiary alicyclic amines) is 1. The molecule has 1 N–H and O–H groups in total. The number of nitrogens with zero attached hydrogens (tertiary/aromatic N) is 2. The van der Waals surface area contributed by atoms with Gasteiger partial charge in [0.1, 0.15) is 6.54 Å². The Morgan fingerprint density at radius 3 is 2.18 bits per heavy atom. The number of aromatic nitrogens is 1. The van der Waals surface area contributed by atoms with Crippen LogP contribution in [0, 0.1) is 5.92 Å². The molecule has 174 valence electrons. The van der Waals surface area contributed by atoms with E-state index in [1.165, 1.54) is 4.88 Å². The van der Waals surface area contributed by atoms with Gasteiger partial charge in [-0.15, -0.1) is 11.3 Å². The number of hydrogen-bond donors (Lipinski definition) is 1. The van der Waals surface area contributed by atoms with Gasteiger partial charge in [-0.05, 0) is 55.0 Å². The first-order chi connectivity index (χ1) is 16.6. The zero-order chi connectivity index (χ0) is 23.5. The molecule has 2 aromatic carbocycles. The third-order valence-corrected chi connectivity index (χ3v) is 7.58. The second kappa shape index (κ2) is 9.81. The first-order valence-electron chi connectivity index (χ1n) is 11.7. The number of thiophene rings is 1. The van der Waals surface area contributed by atoms with Gasteiger partial charge in [0.05, 0.1) is 11.0 Å². The predicted octanol–water partition coefficient (Wildman–Crippen LogP) is 3.81. The Labute approximate surface area is 201 Å². The average Bonchev–Trinajstić information content (AvgIpc) is 3.40. The molecule has 0 spiro atoms. The van der Waals surface area contributed by atoms with Crippen molar-refractivity contribution in [3.8, 4) is 0 Å². The Bertz CT molecular complexity index is 1330. The van der Waals surface area contributed by atoms with Crippen molar-refractivity contribution in [1.82, 2.24) is 14.8 Å². The third kappa shape index (κ3) is 4.48. The Morgan fingerprint density at radius 1 is 0.912 bits per heavy atom. The first kappa shape index (κ1) is 22.3. The van der Waals surface area contributed by atoms with E-state index in [2.05, 4.69) is 11.4 Å². The number of carbonyl (C=O) groups is 2. The summed E-state index contributed by atoms with van der Waals surface area (Å²) in [4.78, 5) is 41.9. The molecule has 1 aliphatic rings. The van der Waals surface area contributed by atoms with Gasteiger partial charge in [0.15, 0.2) is 5.43 Å². The topological polar surface area (TPSA) is 71.4 Å². The molecular formula is C27H27N3O3S. The zero-order valence-electron chi connectivity index (χ0n) is 18.9. The van der Waals surface area contributed by atoms with Crippen molar-refractivity contribution in [2.45, 2.75) is 25.8 Å². The summed E-state index contributed by atoms with van der Waals surface area (Å²) in [5.41, 5.74) is 1.51. The van der Waals surface area contributed by atoms with Gasteiger partial charge in [-0.3, -0.25) is 14.4 Å². The SMILES string of the molecule is O=C(NCCc1cccs1)C1CCN(C(=O)Cn2c3ccccc3c(=O)c3ccccc32)CC1. The lowest BCUT2D eigenvalue weighted by molar-refractivity contribution is -0.136. The van der Waals surface area contributed by atoms with E-state index in [0.29, 0.717) is 43.2 Å². The van der Waals surface area contributed by atoms with E-state index in [1.54, 1.807) is 11.3 Å². The van der Waals surface area contributed by atoms with Crippen LogP contribution >= 0.6 is 11.3 Å². The number of amides is 2. The van der Waals surface area contributed by atoms with Gasteiger partial charge in [-0.25, -0.2) is 0 Å². The summed E-state index contributed by atoms with van der Waals surface area (Å²) in [5.74, 6) is 0.0398. The van der Waals surface area contributed by atoms with Gasteiger partial charge in [0.2, 0.25) is 11.8 Å². The number of carbonyl (C=O) groups excluding carboxylic acids is 2. The van der Waals surface area contributed by atoms with Crippen LogP contribution in [0.2, 0.25) is 0 Å². The molecule has 7 heteroatoms. The lowest BCUT2D eigenvalue weighted by Crippen LogP contribution is -2.44. The molecule has 1 saturated heterocycles. The molecule has 1 aliphatic heterocycles. The Hall–Kier alpha value is -3.45. The zero-order valence-corrected chi connectivity index (χ0v) is 19.7. The molecular weight excluding hydrogens is 446 g/mol. The van der Waals surface area contributed by atoms with Crippen LogP contribution in [0.4, 0.5) is 0 Å². The van der Waals surface area contributed by atoms with Crippen molar-refractivity contribution >= 4 is 45.0 Å². The van der Waals surface area contributed by atoms with Crippen molar-refractivity contribution in [3.63, 3.8) is 0 Å². The highest BCUT2D eigenvalue weighted by atomic mass is 32.1. The Kier molecular flexibility index (Phi) is 6.45. The monoisotopic (exact) mass is 473 g/mol. The minimum atomic E-state index is -0.0542. The molecule has 0 aliphatic carbocycles. The number of rotatable bonds is 6. The largest absolute Gasteiger partial charge is 0.355 e. The van der Waals surface area contributed by atoms with E-state index in [9.17, 15) is 14.4 Å². The Balaban J connectivity index is 1.25. The van der Waals surface area contributed by atoms with Crippen LogP contribution in [0.15, 0.2) is 70.8 Å². The van der Waals surface area contributed by atoms with Crippen molar-refractivity contribution < 1.29 is 9.59 Å². The number of piperidine rings is 1. The average molecular weight is 474 g/mol. The summed E-state index contributed by atoms with van der Waals surface area (Å²) in [5, 5.41) is 6.33. The van der Waals surface area contributed by atoms with Crippen molar-refractivity contribution in [3.05, 3.63) is 81.1 Å². The fourth-order valence-electron chi connectivity index (χ4n) is 4.78. The normalized spacial score (nSPS) is 14.5. The van der Waals surface area contributed by atoms with E-state index in [1.807, 2.05) is 69.4 Å². The van der Waals surface area contributed by atoms with Crippen molar-refractivity contribution in [2.75, 3.05) is 19.6 Å². The summed E-state index contributed by atoms with van der Waals surface area (Å²) in [6.07, 6.45) is 2.19. The molecule has 1 fully saturated rings. The minimum absolute atomic E-state index is 0.00973. The minimum Gasteiger partial charge on any atom is -0.355 e. The fraction of sp³-hybridized carbons (Fsp3) is 0.296. The summed E-state index contributed by atoms with van der Waals surface area (Å²) in [6.45, 7) is 1.94. The first-order valence-corrected chi connectivity index (χ1v) is 12.6. The number of nitrogens with one attached hydrogen (secondary N) is 1. The lowest BCUT2D eigenvalue weighted by Gasteiger charge is -2.32. The van der Waals surface area contributed by atoms with Crippen LogP contribution in [0.3, 0.4) is 0 Å². The maximum Gasteiger partial charge on any atom is 0.242 e. The van der Waals surface area contributed by atoms with Crippen LogP contribution in [0.1, 0.15) is 17.7 Å². The van der Waals surface area contributed by atoms with Crippen molar-refractivity contribution in [2.24, 2.45) is 5.92 Å². The molecule has 0 unspecified atom stereocenters. The summed E-state index contributed by atoms with van der Waals surface area (Å²) in [6, 6.07) is 19.0. The van der Waals surface area contributed by atoms with Crippen LogP contribution < -0.4 is 10.7 Å². The maximum absolute atomic E-state index is 13.2. The predicted molar refractivity (Wildman–Crippen MR) is 136 cm³/mol. The number of fused-ring (bicyclic) bond motifs is 2. The smallest absolute Gasteiger partial charge is 0.242 e. The van der Waals surface area contributed by atoms with Crippen LogP contribution in [0.25, 0.3) is 21.8 Å². The van der Waals surface area contributed by atoms with Crippen molar-refractivity contribution in [1.29, 1.82) is 0 Å². The number of hydrogen-bond acceptors (Lipinski definition) is 4. The summed E-state index contributed by atoms with van der Waals surface area (Å²) >= 11 is 1.70. The summed E-state index contributed by atoms with van der Waals surface area (Å²) in [7, 11) is 0. The molecule has 3 heterocycles. The molecule has 2 amide bonds. The van der Waals surface area contributed by atoms with E-state index in [-0.39, 0.29) is 29.7 Å². The van der Waals surface area contributed by atoms with Gasteiger partial charge in [0.25, 0.3) is 0 Å². The van der Waals surface area contributed by atoms with Crippen LogP contribution in [-0.2, 0) is 22.6 Å². The quantitative estimate of drug-likeness (QED) is 0.433. The van der Waals surface area contributed by atoms with Gasteiger partial charge in [0, 0.05) is 41.2 Å².